The molecular weight excluding hydrogens is 258 g/mol. The smallest absolute Gasteiger partial charge is 0.337 e. The molecule has 9 heteroatoms. The molecule has 1 aromatic rings. The molecule has 2 unspecified atom stereocenters. The Balaban J connectivity index is 3.21. The Labute approximate surface area is 106 Å². The third-order valence-electron chi connectivity index (χ3n) is 2.64. The molecule has 1 aromatic heterocycles. The van der Waals surface area contributed by atoms with Crippen LogP contribution in [-0.2, 0) is 4.79 Å². The average molecular weight is 271 g/mol. The molecule has 1 rings (SSSR count). The van der Waals surface area contributed by atoms with Crippen molar-refractivity contribution in [1.29, 1.82) is 0 Å². The first kappa shape index (κ1) is 14.8. The molecule has 0 radical (unpaired) electrons. The highest BCUT2D eigenvalue weighted by Gasteiger charge is 2.27. The van der Waals surface area contributed by atoms with E-state index in [1.807, 2.05) is 0 Å². The van der Waals surface area contributed by atoms with Crippen molar-refractivity contribution in [1.82, 2.24) is 4.98 Å². The molecule has 0 fully saturated rings. The van der Waals surface area contributed by atoms with Crippen molar-refractivity contribution in [2.75, 3.05) is 0 Å². The number of nitrogens with two attached hydrogens (primary N) is 1. The SMILES string of the molecule is Cc1c(C(O)C(O)CC(N)=O)c[nH]c(=O)c1[N+](=O)[O-]. The van der Waals surface area contributed by atoms with Gasteiger partial charge in [-0.3, -0.25) is 19.7 Å². The highest BCUT2D eigenvalue weighted by atomic mass is 16.6. The highest BCUT2D eigenvalue weighted by molar-refractivity contribution is 5.74. The van der Waals surface area contributed by atoms with Crippen LogP contribution < -0.4 is 11.3 Å². The highest BCUT2D eigenvalue weighted by Crippen LogP contribution is 2.25. The van der Waals surface area contributed by atoms with Crippen molar-refractivity contribution in [2.24, 2.45) is 5.73 Å². The van der Waals surface area contributed by atoms with E-state index in [-0.39, 0.29) is 11.1 Å². The fraction of sp³-hybridized carbons (Fsp3) is 0.400. The van der Waals surface area contributed by atoms with Gasteiger partial charge in [-0.1, -0.05) is 0 Å². The van der Waals surface area contributed by atoms with E-state index in [1.54, 1.807) is 0 Å². The number of nitrogens with zero attached hydrogens (tertiary/aromatic N) is 1. The predicted octanol–water partition coefficient (Wildman–Crippen LogP) is -1.14. The second-order valence-corrected chi connectivity index (χ2v) is 3.99. The number of nitrogens with one attached hydrogen (secondary N) is 1. The molecule has 0 aliphatic carbocycles. The van der Waals surface area contributed by atoms with Crippen LogP contribution in [-0.4, -0.2) is 32.1 Å². The summed E-state index contributed by atoms with van der Waals surface area (Å²) >= 11 is 0. The number of H-pyrrole nitrogens is 1. The van der Waals surface area contributed by atoms with Crippen LogP contribution in [0.2, 0.25) is 0 Å². The first-order chi connectivity index (χ1) is 8.75. The topological polar surface area (TPSA) is 160 Å². The lowest BCUT2D eigenvalue weighted by molar-refractivity contribution is -0.387. The molecule has 2 atom stereocenters. The summed E-state index contributed by atoms with van der Waals surface area (Å²) < 4.78 is 0. The van der Waals surface area contributed by atoms with E-state index in [2.05, 4.69) is 4.98 Å². The molecule has 0 aromatic carbocycles. The molecular formula is C10H13N3O6. The standard InChI is InChI=1S/C10H13N3O6/c1-4-5(9(16)6(14)2-7(11)15)3-12-10(17)8(4)13(18)19/h3,6,9,14,16H,2H2,1H3,(H2,11,15)(H,12,17). The summed E-state index contributed by atoms with van der Waals surface area (Å²) in [6, 6.07) is 0. The van der Waals surface area contributed by atoms with Crippen LogP contribution in [0.25, 0.3) is 0 Å². The van der Waals surface area contributed by atoms with Gasteiger partial charge in [0.2, 0.25) is 5.91 Å². The van der Waals surface area contributed by atoms with Crippen molar-refractivity contribution in [3.63, 3.8) is 0 Å². The fourth-order valence-corrected chi connectivity index (χ4v) is 1.68. The minimum absolute atomic E-state index is 0.0416. The van der Waals surface area contributed by atoms with E-state index in [9.17, 15) is 29.9 Å². The summed E-state index contributed by atoms with van der Waals surface area (Å²) in [5, 5.41) is 30.1. The first-order valence-electron chi connectivity index (χ1n) is 5.26. The molecule has 9 nitrogen and oxygen atoms in total. The van der Waals surface area contributed by atoms with Crippen molar-refractivity contribution < 1.29 is 19.9 Å². The summed E-state index contributed by atoms with van der Waals surface area (Å²) in [6.45, 7) is 1.27. The Morgan fingerprint density at radius 1 is 1.58 bits per heavy atom. The van der Waals surface area contributed by atoms with E-state index in [0.29, 0.717) is 0 Å². The number of primary amides is 1. The van der Waals surface area contributed by atoms with Crippen molar-refractivity contribution >= 4 is 11.6 Å². The second-order valence-electron chi connectivity index (χ2n) is 3.99. The predicted molar refractivity (Wildman–Crippen MR) is 63.2 cm³/mol. The third-order valence-corrected chi connectivity index (χ3v) is 2.64. The Hall–Kier alpha value is -2.26. The normalized spacial score (nSPS) is 13.8. The quantitative estimate of drug-likeness (QED) is 0.391. The van der Waals surface area contributed by atoms with Gasteiger partial charge in [-0.2, -0.15) is 0 Å². The number of aliphatic hydroxyl groups excluding tert-OH is 2. The van der Waals surface area contributed by atoms with Gasteiger partial charge in [0.15, 0.2) is 0 Å². The van der Waals surface area contributed by atoms with E-state index in [4.69, 9.17) is 5.73 Å². The average Bonchev–Trinajstić information content (AvgIpc) is 2.26. The number of amides is 1. The van der Waals surface area contributed by atoms with Gasteiger partial charge in [0.25, 0.3) is 0 Å². The Morgan fingerprint density at radius 3 is 2.63 bits per heavy atom. The third kappa shape index (κ3) is 3.14. The van der Waals surface area contributed by atoms with Crippen LogP contribution in [0.4, 0.5) is 5.69 Å². The van der Waals surface area contributed by atoms with Crippen molar-refractivity contribution in [2.45, 2.75) is 25.6 Å². The Bertz CT molecular complexity index is 567. The number of carbonyl (C=O) groups is 1. The van der Waals surface area contributed by atoms with E-state index < -0.39 is 40.7 Å². The zero-order chi connectivity index (χ0) is 14.7. The van der Waals surface area contributed by atoms with Gasteiger partial charge >= 0.3 is 11.2 Å². The summed E-state index contributed by atoms with van der Waals surface area (Å²) in [5.74, 6) is -0.830. The fourth-order valence-electron chi connectivity index (χ4n) is 1.68. The monoisotopic (exact) mass is 271 g/mol. The molecule has 0 saturated carbocycles. The summed E-state index contributed by atoms with van der Waals surface area (Å²) in [4.78, 5) is 33.9. The van der Waals surface area contributed by atoms with Crippen LogP contribution in [0.3, 0.4) is 0 Å². The number of hydrogen-bond acceptors (Lipinski definition) is 6. The van der Waals surface area contributed by atoms with Crippen molar-refractivity contribution in [3.8, 4) is 0 Å². The zero-order valence-corrected chi connectivity index (χ0v) is 9.99. The molecule has 0 aliphatic rings. The largest absolute Gasteiger partial charge is 0.390 e. The maximum Gasteiger partial charge on any atom is 0.337 e. The number of aromatic nitrogens is 1. The molecule has 0 spiro atoms. The van der Waals surface area contributed by atoms with Crippen molar-refractivity contribution in [3.05, 3.63) is 37.8 Å². The van der Waals surface area contributed by atoms with Crippen LogP contribution in [0, 0.1) is 17.0 Å². The van der Waals surface area contributed by atoms with Gasteiger partial charge < -0.3 is 20.9 Å². The minimum atomic E-state index is -1.57. The van der Waals surface area contributed by atoms with E-state index >= 15 is 0 Å². The minimum Gasteiger partial charge on any atom is -0.390 e. The summed E-state index contributed by atoms with van der Waals surface area (Å²) in [5.41, 5.74) is 3.12. The number of nitro groups is 1. The molecule has 5 N–H and O–H groups in total. The van der Waals surface area contributed by atoms with Crippen LogP contribution in [0.5, 0.6) is 0 Å². The van der Waals surface area contributed by atoms with Gasteiger partial charge in [-0.25, -0.2) is 0 Å². The number of carbonyl (C=O) groups excluding carboxylic acids is 1. The lowest BCUT2D eigenvalue weighted by Crippen LogP contribution is -2.27. The van der Waals surface area contributed by atoms with Crippen LogP contribution >= 0.6 is 0 Å². The van der Waals surface area contributed by atoms with Gasteiger partial charge in [0.05, 0.1) is 17.4 Å². The summed E-state index contributed by atoms with van der Waals surface area (Å²) in [6.07, 6.45) is -2.53. The van der Waals surface area contributed by atoms with Gasteiger partial charge in [-0.05, 0) is 6.92 Å². The van der Waals surface area contributed by atoms with Crippen LogP contribution in [0.15, 0.2) is 11.0 Å². The molecule has 1 heterocycles. The molecule has 0 bridgehead atoms. The number of aromatic amines is 1. The Morgan fingerprint density at radius 2 is 2.16 bits per heavy atom. The van der Waals surface area contributed by atoms with E-state index in [1.165, 1.54) is 6.92 Å². The lowest BCUT2D eigenvalue weighted by atomic mass is 9.99. The zero-order valence-electron chi connectivity index (χ0n) is 9.99. The van der Waals surface area contributed by atoms with E-state index in [0.717, 1.165) is 6.20 Å². The van der Waals surface area contributed by atoms with Crippen LogP contribution in [0.1, 0.15) is 23.7 Å². The maximum absolute atomic E-state index is 11.3. The van der Waals surface area contributed by atoms with Gasteiger partial charge in [0.1, 0.15) is 6.10 Å². The number of hydrogen-bond donors (Lipinski definition) is 4. The number of aliphatic hydroxyl groups is 2. The molecule has 1 amide bonds. The molecule has 19 heavy (non-hydrogen) atoms. The number of pyridine rings is 1. The first-order valence-corrected chi connectivity index (χ1v) is 5.26. The Kier molecular flexibility index (Phi) is 4.35. The molecule has 0 saturated heterocycles. The second kappa shape index (κ2) is 5.59. The maximum atomic E-state index is 11.3. The molecule has 0 aliphatic heterocycles. The molecule has 104 valence electrons. The summed E-state index contributed by atoms with van der Waals surface area (Å²) in [7, 11) is 0. The lowest BCUT2D eigenvalue weighted by Gasteiger charge is -2.18. The van der Waals surface area contributed by atoms with Gasteiger partial charge in [0, 0.05) is 17.3 Å². The van der Waals surface area contributed by atoms with Gasteiger partial charge in [-0.15, -0.1) is 0 Å². The number of rotatable bonds is 5.